The van der Waals surface area contributed by atoms with Crippen molar-refractivity contribution < 1.29 is 0 Å². The Balaban J connectivity index is 2.25. The van der Waals surface area contributed by atoms with Gasteiger partial charge < -0.3 is 0 Å². The molecule has 0 saturated carbocycles. The zero-order valence-corrected chi connectivity index (χ0v) is 12.9. The van der Waals surface area contributed by atoms with E-state index < -0.39 is 0 Å². The first kappa shape index (κ1) is 13.9. The summed E-state index contributed by atoms with van der Waals surface area (Å²) in [5.41, 5.74) is 3.37. The number of rotatable bonds is 3. The van der Waals surface area contributed by atoms with Gasteiger partial charge in [-0.05, 0) is 42.2 Å². The quantitative estimate of drug-likeness (QED) is 0.681. The summed E-state index contributed by atoms with van der Waals surface area (Å²) in [6, 6.07) is 7.89. The van der Waals surface area contributed by atoms with Crippen LogP contribution in [0.2, 0.25) is 10.0 Å². The van der Waals surface area contributed by atoms with Crippen LogP contribution < -0.4 is 0 Å². The number of hydrogen-bond donors (Lipinski definition) is 0. The highest BCUT2D eigenvalue weighted by atomic mass is 79.9. The number of halogens is 3. The Morgan fingerprint density at radius 2 is 2.00 bits per heavy atom. The molecule has 0 aliphatic carbocycles. The molecular weight excluding hydrogens is 333 g/mol. The Kier molecular flexibility index (Phi) is 4.66. The van der Waals surface area contributed by atoms with E-state index >= 15 is 0 Å². The molecule has 1 nitrogen and oxygen atoms in total. The summed E-state index contributed by atoms with van der Waals surface area (Å²) >= 11 is 16.0. The third-order valence-electron chi connectivity index (χ3n) is 2.90. The fraction of sp³-hybridized carbons (Fsp3) is 0.214. The van der Waals surface area contributed by atoms with Crippen LogP contribution in [-0.2, 0) is 6.42 Å². The number of benzene rings is 1. The zero-order chi connectivity index (χ0) is 13.1. The van der Waals surface area contributed by atoms with E-state index in [1.807, 2.05) is 25.1 Å². The highest BCUT2D eigenvalue weighted by Gasteiger charge is 2.14. The maximum absolute atomic E-state index is 6.14. The molecule has 1 aromatic heterocycles. The van der Waals surface area contributed by atoms with Crippen molar-refractivity contribution in [3.8, 4) is 0 Å². The molecule has 0 amide bonds. The molecule has 0 aliphatic rings. The standard InChI is InChI=1S/C14H12BrCl2N/c1-9-11(3-2-4-13(9)16)12(15)7-10-5-6-18-8-14(10)17/h2-6,8,12H,7H2,1H3. The van der Waals surface area contributed by atoms with Gasteiger partial charge in [0.05, 0.1) is 5.02 Å². The van der Waals surface area contributed by atoms with Crippen LogP contribution in [0.1, 0.15) is 21.5 Å². The van der Waals surface area contributed by atoms with Crippen molar-refractivity contribution in [2.45, 2.75) is 18.2 Å². The Hall–Kier alpha value is -0.570. The van der Waals surface area contributed by atoms with Crippen molar-refractivity contribution in [3.05, 3.63) is 63.4 Å². The second kappa shape index (κ2) is 6.05. The average molecular weight is 345 g/mol. The Morgan fingerprint density at radius 1 is 1.22 bits per heavy atom. The Labute approximate surface area is 125 Å². The lowest BCUT2D eigenvalue weighted by Crippen LogP contribution is -1.99. The minimum atomic E-state index is 0.191. The van der Waals surface area contributed by atoms with Gasteiger partial charge in [-0.1, -0.05) is 51.3 Å². The van der Waals surface area contributed by atoms with Gasteiger partial charge in [0, 0.05) is 22.2 Å². The van der Waals surface area contributed by atoms with Crippen LogP contribution in [0.5, 0.6) is 0 Å². The van der Waals surface area contributed by atoms with E-state index in [9.17, 15) is 0 Å². The normalized spacial score (nSPS) is 12.4. The summed E-state index contributed by atoms with van der Waals surface area (Å²) < 4.78 is 0. The number of alkyl halides is 1. The fourth-order valence-corrected chi connectivity index (χ4v) is 3.06. The van der Waals surface area contributed by atoms with E-state index in [0.29, 0.717) is 5.02 Å². The van der Waals surface area contributed by atoms with Crippen LogP contribution in [0.4, 0.5) is 0 Å². The van der Waals surface area contributed by atoms with Gasteiger partial charge in [-0.15, -0.1) is 0 Å². The first-order chi connectivity index (χ1) is 8.59. The minimum absolute atomic E-state index is 0.191. The Bertz CT molecular complexity index is 557. The van der Waals surface area contributed by atoms with Crippen molar-refractivity contribution in [1.82, 2.24) is 4.98 Å². The van der Waals surface area contributed by atoms with E-state index in [-0.39, 0.29) is 4.83 Å². The first-order valence-electron chi connectivity index (χ1n) is 5.57. The van der Waals surface area contributed by atoms with Crippen LogP contribution in [0.15, 0.2) is 36.7 Å². The van der Waals surface area contributed by atoms with Gasteiger partial charge in [0.1, 0.15) is 0 Å². The van der Waals surface area contributed by atoms with Gasteiger partial charge in [-0.25, -0.2) is 0 Å². The molecule has 4 heteroatoms. The molecule has 1 unspecified atom stereocenters. The van der Waals surface area contributed by atoms with E-state index in [2.05, 4.69) is 27.0 Å². The monoisotopic (exact) mass is 343 g/mol. The number of nitrogens with zero attached hydrogens (tertiary/aromatic N) is 1. The van der Waals surface area contributed by atoms with E-state index in [1.165, 1.54) is 5.56 Å². The van der Waals surface area contributed by atoms with Crippen LogP contribution >= 0.6 is 39.1 Å². The molecule has 1 atom stereocenters. The molecule has 18 heavy (non-hydrogen) atoms. The zero-order valence-electron chi connectivity index (χ0n) is 9.83. The second-order valence-electron chi connectivity index (χ2n) is 4.09. The summed E-state index contributed by atoms with van der Waals surface area (Å²) in [5, 5.41) is 1.49. The maximum atomic E-state index is 6.14. The summed E-state index contributed by atoms with van der Waals surface area (Å²) in [6.45, 7) is 2.03. The van der Waals surface area contributed by atoms with Crippen LogP contribution in [0.25, 0.3) is 0 Å². The first-order valence-corrected chi connectivity index (χ1v) is 7.24. The summed E-state index contributed by atoms with van der Waals surface area (Å²) in [6.07, 6.45) is 4.23. The molecule has 0 radical (unpaired) electrons. The number of pyridine rings is 1. The minimum Gasteiger partial charge on any atom is -0.263 e. The van der Waals surface area contributed by atoms with Crippen molar-refractivity contribution in [2.24, 2.45) is 0 Å². The van der Waals surface area contributed by atoms with Crippen molar-refractivity contribution in [2.75, 3.05) is 0 Å². The van der Waals surface area contributed by atoms with Gasteiger partial charge in [0.25, 0.3) is 0 Å². The SMILES string of the molecule is Cc1c(Cl)cccc1C(Br)Cc1ccncc1Cl. The molecule has 0 N–H and O–H groups in total. The van der Waals surface area contributed by atoms with Gasteiger partial charge >= 0.3 is 0 Å². The van der Waals surface area contributed by atoms with Gasteiger partial charge in [0.2, 0.25) is 0 Å². The van der Waals surface area contributed by atoms with E-state index in [1.54, 1.807) is 12.4 Å². The molecule has 0 spiro atoms. The fourth-order valence-electron chi connectivity index (χ4n) is 1.84. The molecule has 0 aliphatic heterocycles. The highest BCUT2D eigenvalue weighted by Crippen LogP contribution is 2.33. The van der Waals surface area contributed by atoms with E-state index in [0.717, 1.165) is 22.6 Å². The van der Waals surface area contributed by atoms with Crippen molar-refractivity contribution >= 4 is 39.1 Å². The van der Waals surface area contributed by atoms with E-state index in [4.69, 9.17) is 23.2 Å². The lowest BCUT2D eigenvalue weighted by Gasteiger charge is -2.14. The summed E-state index contributed by atoms with van der Waals surface area (Å²) in [4.78, 5) is 4.18. The molecule has 1 aromatic carbocycles. The highest BCUT2D eigenvalue weighted by molar-refractivity contribution is 9.09. The van der Waals surface area contributed by atoms with Gasteiger partial charge in [-0.3, -0.25) is 4.98 Å². The number of hydrogen-bond acceptors (Lipinski definition) is 1. The maximum Gasteiger partial charge on any atom is 0.0621 e. The van der Waals surface area contributed by atoms with Crippen LogP contribution in [-0.4, -0.2) is 4.98 Å². The molecule has 0 fully saturated rings. The largest absolute Gasteiger partial charge is 0.263 e. The van der Waals surface area contributed by atoms with Gasteiger partial charge in [0.15, 0.2) is 0 Å². The average Bonchev–Trinajstić information content (AvgIpc) is 2.35. The van der Waals surface area contributed by atoms with Crippen LogP contribution in [0, 0.1) is 6.92 Å². The van der Waals surface area contributed by atoms with Crippen molar-refractivity contribution in [3.63, 3.8) is 0 Å². The molecule has 2 rings (SSSR count). The topological polar surface area (TPSA) is 12.9 Å². The lowest BCUT2D eigenvalue weighted by atomic mass is 10.0. The predicted molar refractivity (Wildman–Crippen MR) is 80.8 cm³/mol. The molecular formula is C14H12BrCl2N. The number of aromatic nitrogens is 1. The smallest absolute Gasteiger partial charge is 0.0621 e. The predicted octanol–water partition coefficient (Wildman–Crippen LogP) is 5.38. The van der Waals surface area contributed by atoms with Crippen molar-refractivity contribution in [1.29, 1.82) is 0 Å². The van der Waals surface area contributed by atoms with Gasteiger partial charge in [-0.2, -0.15) is 0 Å². The molecule has 0 saturated heterocycles. The molecule has 1 heterocycles. The lowest BCUT2D eigenvalue weighted by molar-refractivity contribution is 0.934. The molecule has 2 aromatic rings. The van der Waals surface area contributed by atoms with Crippen LogP contribution in [0.3, 0.4) is 0 Å². The Morgan fingerprint density at radius 3 is 2.72 bits per heavy atom. The third kappa shape index (κ3) is 3.05. The summed E-state index contributed by atoms with van der Waals surface area (Å²) in [7, 11) is 0. The molecule has 94 valence electrons. The molecule has 0 bridgehead atoms. The summed E-state index contributed by atoms with van der Waals surface area (Å²) in [5.74, 6) is 0. The second-order valence-corrected chi connectivity index (χ2v) is 6.01. The third-order valence-corrected chi connectivity index (χ3v) is 4.47.